The number of nitrogens with zero attached hydrogens (tertiary/aromatic N) is 5. The van der Waals surface area contributed by atoms with Gasteiger partial charge < -0.3 is 22.9 Å². The lowest BCUT2D eigenvalue weighted by atomic mass is 10.3. The van der Waals surface area contributed by atoms with Crippen molar-refractivity contribution in [1.29, 1.82) is 0 Å². The maximum Gasteiger partial charge on any atom is 0.500 e. The van der Waals surface area contributed by atoms with Gasteiger partial charge in [-0.05, 0) is 0 Å². The molecule has 0 bridgehead atoms. The fourth-order valence-corrected chi connectivity index (χ4v) is 3.67. The van der Waals surface area contributed by atoms with Crippen molar-refractivity contribution in [3.63, 3.8) is 0 Å². The largest absolute Gasteiger partial charge is 0.500 e. The van der Waals surface area contributed by atoms with Crippen LogP contribution in [-0.2, 0) is 19.8 Å². The second-order valence-corrected chi connectivity index (χ2v) is 8.10. The highest BCUT2D eigenvalue weighted by Crippen LogP contribution is 2.17. The molecule has 8 nitrogen and oxygen atoms in total. The van der Waals surface area contributed by atoms with E-state index in [4.69, 9.17) is 13.3 Å². The fraction of sp³-hybridized carbons (Fsp3) is 0.900. The summed E-state index contributed by atoms with van der Waals surface area (Å²) in [5, 5.41) is 14.7. The molecule has 0 unspecified atom stereocenters. The molecule has 0 saturated heterocycles. The molecule has 0 N–H and O–H groups in total. The molecule has 110 valence electrons. The fourth-order valence-electron chi connectivity index (χ4n) is 1.97. The molecule has 0 amide bonds. The van der Waals surface area contributed by atoms with Crippen LogP contribution in [0.25, 0.3) is 0 Å². The van der Waals surface area contributed by atoms with Crippen molar-refractivity contribution in [3.8, 4) is 0 Å². The van der Waals surface area contributed by atoms with Crippen molar-refractivity contribution in [2.75, 3.05) is 42.0 Å². The van der Waals surface area contributed by atoms with Gasteiger partial charge in [-0.1, -0.05) is 0 Å². The van der Waals surface area contributed by atoms with Crippen LogP contribution in [0.3, 0.4) is 0 Å². The van der Waals surface area contributed by atoms with Crippen molar-refractivity contribution in [1.82, 2.24) is 20.6 Å². The summed E-state index contributed by atoms with van der Waals surface area (Å²) in [4.78, 5) is 0. The zero-order valence-electron chi connectivity index (χ0n) is 12.3. The quantitative estimate of drug-likeness (QED) is 0.455. The number of tetrazole rings is 1. The highest BCUT2D eigenvalue weighted by molar-refractivity contribution is 6.60. The molecule has 0 fully saturated rings. The monoisotopic (exact) mass is 289 g/mol. The van der Waals surface area contributed by atoms with Crippen LogP contribution >= 0.6 is 0 Å². The summed E-state index contributed by atoms with van der Waals surface area (Å²) < 4.78 is 17.0. The van der Waals surface area contributed by atoms with Crippen molar-refractivity contribution >= 4 is 8.80 Å². The van der Waals surface area contributed by atoms with Gasteiger partial charge in [0.25, 0.3) is 0 Å². The molecule has 1 rings (SSSR count). The minimum absolute atomic E-state index is 0.665. The Kier molecular flexibility index (Phi) is 6.01. The standard InChI is InChI=1S/C10H23N5O3Si/c1-15(2,9-10-11-13-14-12-10)7-6-8-19(16-3,17-4)18-5/h6-9H2,1-5H3. The second kappa shape index (κ2) is 7.06. The maximum atomic E-state index is 5.40. The number of hydrogen-bond acceptors (Lipinski definition) is 6. The molecule has 1 aromatic heterocycles. The van der Waals surface area contributed by atoms with Crippen LogP contribution < -0.4 is 5.10 Å². The van der Waals surface area contributed by atoms with Gasteiger partial charge >= 0.3 is 8.80 Å². The lowest BCUT2D eigenvalue weighted by molar-refractivity contribution is -0.904. The van der Waals surface area contributed by atoms with Crippen LogP contribution in [0.15, 0.2) is 0 Å². The first-order valence-electron chi connectivity index (χ1n) is 6.12. The molecule has 0 spiro atoms. The minimum Gasteiger partial charge on any atom is -0.377 e. The summed E-state index contributed by atoms with van der Waals surface area (Å²) in [6, 6.07) is 0.788. The molecule has 9 heteroatoms. The van der Waals surface area contributed by atoms with Crippen molar-refractivity contribution in [2.45, 2.75) is 19.0 Å². The summed E-state index contributed by atoms with van der Waals surface area (Å²) in [6.07, 6.45) is 0.941. The van der Waals surface area contributed by atoms with E-state index in [0.717, 1.165) is 23.5 Å². The lowest BCUT2D eigenvalue weighted by Crippen LogP contribution is -2.45. The third-order valence-corrected chi connectivity index (χ3v) is 5.94. The Hall–Kier alpha value is -0.873. The molecule has 0 aliphatic carbocycles. The predicted molar refractivity (Wildman–Crippen MR) is 70.0 cm³/mol. The van der Waals surface area contributed by atoms with Gasteiger partial charge in [0.15, 0.2) is 0 Å². The Morgan fingerprint density at radius 3 is 2.26 bits per heavy atom. The van der Waals surface area contributed by atoms with Gasteiger partial charge in [-0.3, -0.25) is 10.3 Å². The minimum atomic E-state index is -2.46. The van der Waals surface area contributed by atoms with Gasteiger partial charge in [0.05, 0.1) is 26.5 Å². The van der Waals surface area contributed by atoms with Crippen molar-refractivity contribution in [3.05, 3.63) is 5.82 Å². The van der Waals surface area contributed by atoms with E-state index in [9.17, 15) is 0 Å². The van der Waals surface area contributed by atoms with Crippen LogP contribution in [0, 0.1) is 0 Å². The van der Waals surface area contributed by atoms with E-state index in [-0.39, 0.29) is 0 Å². The molecule has 1 aromatic rings. The topological polar surface area (TPSA) is 80.5 Å². The average Bonchev–Trinajstić information content (AvgIpc) is 2.87. The Labute approximate surface area is 115 Å². The molecule has 1 heterocycles. The van der Waals surface area contributed by atoms with Crippen LogP contribution in [0.5, 0.6) is 0 Å². The van der Waals surface area contributed by atoms with E-state index >= 15 is 0 Å². The molecule has 0 saturated carbocycles. The first-order chi connectivity index (χ1) is 8.97. The average molecular weight is 289 g/mol. The summed E-state index contributed by atoms with van der Waals surface area (Å²) in [5.74, 6) is 0.665. The molecule has 0 radical (unpaired) electrons. The maximum absolute atomic E-state index is 5.40. The molecule has 19 heavy (non-hydrogen) atoms. The number of aromatic nitrogens is 4. The highest BCUT2D eigenvalue weighted by atomic mass is 28.4. The second-order valence-electron chi connectivity index (χ2n) is 5.01. The molecular formula is C10H23N5O3Si. The first kappa shape index (κ1) is 16.2. The zero-order chi connectivity index (χ0) is 14.4. The molecule has 0 aromatic carbocycles. The third-order valence-electron chi connectivity index (χ3n) is 3.11. The predicted octanol–water partition coefficient (Wildman–Crippen LogP) is -0.327. The van der Waals surface area contributed by atoms with Crippen LogP contribution in [0.4, 0.5) is 0 Å². The summed E-state index contributed by atoms with van der Waals surface area (Å²) >= 11 is 0. The smallest absolute Gasteiger partial charge is 0.377 e. The Morgan fingerprint density at radius 1 is 1.16 bits per heavy atom. The normalized spacial score (nSPS) is 12.9. The van der Waals surface area contributed by atoms with Gasteiger partial charge in [0.1, 0.15) is 6.54 Å². The molecule has 0 atom stereocenters. The highest BCUT2D eigenvalue weighted by Gasteiger charge is 2.37. The Bertz CT molecular complexity index is 348. The molecular weight excluding hydrogens is 266 g/mol. The molecule has 0 aliphatic heterocycles. The van der Waals surface area contributed by atoms with E-state index in [2.05, 4.69) is 34.7 Å². The third kappa shape index (κ3) is 4.95. The van der Waals surface area contributed by atoms with Gasteiger partial charge in [0, 0.05) is 33.8 Å². The van der Waals surface area contributed by atoms with Gasteiger partial charge in [-0.2, -0.15) is 5.21 Å². The molecule has 0 aliphatic rings. The van der Waals surface area contributed by atoms with Crippen LogP contribution in [0.1, 0.15) is 12.2 Å². The van der Waals surface area contributed by atoms with Crippen LogP contribution in [0.2, 0.25) is 6.04 Å². The lowest BCUT2D eigenvalue weighted by Gasteiger charge is -2.31. The number of rotatable bonds is 9. The SMILES string of the molecule is CO[Si](CCC[N+](C)(C)Cc1nnn[n-]1)(OC)OC. The van der Waals surface area contributed by atoms with Gasteiger partial charge in [-0.15, -0.1) is 0 Å². The Morgan fingerprint density at radius 2 is 1.79 bits per heavy atom. The summed E-state index contributed by atoms with van der Waals surface area (Å²) in [7, 11) is 6.67. The van der Waals surface area contributed by atoms with E-state index in [1.54, 1.807) is 21.3 Å². The Balaban J connectivity index is 2.42. The van der Waals surface area contributed by atoms with Gasteiger partial charge in [-0.25, -0.2) is 0 Å². The van der Waals surface area contributed by atoms with E-state index < -0.39 is 8.80 Å². The van der Waals surface area contributed by atoms with E-state index in [1.165, 1.54) is 0 Å². The number of quaternary nitrogens is 1. The van der Waals surface area contributed by atoms with Crippen molar-refractivity contribution in [2.24, 2.45) is 0 Å². The first-order valence-corrected chi connectivity index (χ1v) is 8.05. The van der Waals surface area contributed by atoms with Crippen LogP contribution in [-0.4, -0.2) is 70.8 Å². The summed E-state index contributed by atoms with van der Waals surface area (Å²) in [5.41, 5.74) is 0. The zero-order valence-corrected chi connectivity index (χ0v) is 13.3. The van der Waals surface area contributed by atoms with Crippen molar-refractivity contribution < 1.29 is 17.8 Å². The van der Waals surface area contributed by atoms with Gasteiger partial charge in [0.2, 0.25) is 0 Å². The summed E-state index contributed by atoms with van der Waals surface area (Å²) in [6.45, 7) is 1.65. The van der Waals surface area contributed by atoms with E-state index in [1.807, 2.05) is 0 Å². The van der Waals surface area contributed by atoms with E-state index in [0.29, 0.717) is 12.4 Å². The number of hydrogen-bond donors (Lipinski definition) is 0.